The quantitative estimate of drug-likeness (QED) is 0.800. The maximum absolute atomic E-state index is 13.3. The van der Waals surface area contributed by atoms with Gasteiger partial charge in [-0.25, -0.2) is 8.42 Å². The number of para-hydroxylation sites is 1. The zero-order valence-electron chi connectivity index (χ0n) is 14.9. The predicted molar refractivity (Wildman–Crippen MR) is 105 cm³/mol. The molecule has 1 aliphatic heterocycles. The van der Waals surface area contributed by atoms with Crippen molar-refractivity contribution in [1.29, 1.82) is 0 Å². The molecule has 0 unspecified atom stereocenters. The molecule has 1 aliphatic rings. The fourth-order valence-corrected chi connectivity index (χ4v) is 4.86. The number of amides is 1. The summed E-state index contributed by atoms with van der Waals surface area (Å²) in [5.41, 5.74) is 2.31. The normalized spacial score (nSPS) is 17.7. The third-order valence-electron chi connectivity index (χ3n) is 4.57. The van der Waals surface area contributed by atoms with Gasteiger partial charge in [0.15, 0.2) is 0 Å². The Hall–Kier alpha value is -2.05. The van der Waals surface area contributed by atoms with Crippen LogP contribution >= 0.6 is 11.6 Å². The topological polar surface area (TPSA) is 57.7 Å². The van der Waals surface area contributed by atoms with Crippen LogP contribution in [0.1, 0.15) is 19.4 Å². The highest BCUT2D eigenvalue weighted by atomic mass is 35.5. The first kappa shape index (κ1) is 18.7. The second kappa shape index (κ2) is 6.93. The summed E-state index contributed by atoms with van der Waals surface area (Å²) in [6.07, 6.45) is 1.85. The zero-order chi connectivity index (χ0) is 19.1. The Kier molecular flexibility index (Phi) is 4.99. The van der Waals surface area contributed by atoms with Gasteiger partial charge in [-0.1, -0.05) is 35.9 Å². The summed E-state index contributed by atoms with van der Waals surface area (Å²) in [7, 11) is -3.68. The number of nitrogens with zero attached hydrogens (tertiary/aromatic N) is 2. The number of rotatable bonds is 4. The van der Waals surface area contributed by atoms with E-state index >= 15 is 0 Å². The fourth-order valence-electron chi connectivity index (χ4n) is 3.52. The van der Waals surface area contributed by atoms with Crippen LogP contribution in [0.25, 0.3) is 0 Å². The van der Waals surface area contributed by atoms with Crippen LogP contribution in [0, 0.1) is 0 Å². The van der Waals surface area contributed by atoms with Crippen molar-refractivity contribution in [3.8, 4) is 0 Å². The van der Waals surface area contributed by atoms with Crippen LogP contribution in [0.15, 0.2) is 48.5 Å². The SMILES string of the molecule is C[C@H]1Cc2ccccc2N1C(=O)[C@H](C)N(c1cccc(Cl)c1)S(C)(=O)=O. The Morgan fingerprint density at radius 3 is 2.58 bits per heavy atom. The molecule has 1 heterocycles. The number of benzene rings is 2. The first-order valence-corrected chi connectivity index (χ1v) is 10.6. The van der Waals surface area contributed by atoms with Crippen molar-refractivity contribution < 1.29 is 13.2 Å². The van der Waals surface area contributed by atoms with Crippen molar-refractivity contribution in [3.63, 3.8) is 0 Å². The molecule has 0 saturated carbocycles. The smallest absolute Gasteiger partial charge is 0.250 e. The lowest BCUT2D eigenvalue weighted by atomic mass is 10.1. The molecule has 0 aromatic heterocycles. The maximum atomic E-state index is 13.3. The molecule has 1 amide bonds. The lowest BCUT2D eigenvalue weighted by molar-refractivity contribution is -0.119. The van der Waals surface area contributed by atoms with Crippen molar-refractivity contribution >= 4 is 38.9 Å². The van der Waals surface area contributed by atoms with E-state index in [4.69, 9.17) is 11.6 Å². The number of hydrogen-bond acceptors (Lipinski definition) is 3. The van der Waals surface area contributed by atoms with Gasteiger partial charge in [0.2, 0.25) is 10.0 Å². The molecule has 2 aromatic carbocycles. The van der Waals surface area contributed by atoms with Gasteiger partial charge in [0.05, 0.1) is 11.9 Å². The Labute approximate surface area is 159 Å². The van der Waals surface area contributed by atoms with E-state index in [0.29, 0.717) is 10.7 Å². The summed E-state index contributed by atoms with van der Waals surface area (Å²) in [6, 6.07) is 13.3. The van der Waals surface area contributed by atoms with Crippen molar-refractivity contribution in [3.05, 3.63) is 59.1 Å². The number of sulfonamides is 1. The molecule has 0 aliphatic carbocycles. The highest BCUT2D eigenvalue weighted by molar-refractivity contribution is 7.92. The number of fused-ring (bicyclic) bond motifs is 1. The van der Waals surface area contributed by atoms with Crippen molar-refractivity contribution in [1.82, 2.24) is 0 Å². The monoisotopic (exact) mass is 392 g/mol. The minimum atomic E-state index is -3.68. The highest BCUT2D eigenvalue weighted by Gasteiger charge is 2.37. The molecular formula is C19H21ClN2O3S. The maximum Gasteiger partial charge on any atom is 0.250 e. The number of hydrogen-bond donors (Lipinski definition) is 0. The summed E-state index contributed by atoms with van der Waals surface area (Å²) < 4.78 is 26.0. The van der Waals surface area contributed by atoms with Gasteiger partial charge in [-0.3, -0.25) is 9.10 Å². The summed E-state index contributed by atoms with van der Waals surface area (Å²) in [5, 5.41) is 0.413. The number of carbonyl (C=O) groups excluding carboxylic acids is 1. The summed E-state index contributed by atoms with van der Waals surface area (Å²) in [5.74, 6) is -0.257. The van der Waals surface area contributed by atoms with Crippen molar-refractivity contribution in [2.45, 2.75) is 32.4 Å². The molecule has 0 radical (unpaired) electrons. The van der Waals surface area contributed by atoms with Gasteiger partial charge in [0, 0.05) is 16.8 Å². The predicted octanol–water partition coefficient (Wildman–Crippen LogP) is 3.47. The van der Waals surface area contributed by atoms with E-state index in [1.54, 1.807) is 36.1 Å². The number of anilines is 2. The third kappa shape index (κ3) is 3.44. The molecule has 2 aromatic rings. The molecule has 5 nitrogen and oxygen atoms in total. The number of carbonyl (C=O) groups is 1. The summed E-state index contributed by atoms with van der Waals surface area (Å²) >= 11 is 6.02. The van der Waals surface area contributed by atoms with Crippen molar-refractivity contribution in [2.24, 2.45) is 0 Å². The zero-order valence-corrected chi connectivity index (χ0v) is 16.5. The Balaban J connectivity index is 2.00. The van der Waals surface area contributed by atoms with Gasteiger partial charge in [-0.2, -0.15) is 0 Å². The second-order valence-electron chi connectivity index (χ2n) is 6.60. The minimum absolute atomic E-state index is 0.0249. The van der Waals surface area contributed by atoms with E-state index in [1.807, 2.05) is 31.2 Å². The van der Waals surface area contributed by atoms with Gasteiger partial charge >= 0.3 is 0 Å². The second-order valence-corrected chi connectivity index (χ2v) is 8.90. The largest absolute Gasteiger partial charge is 0.307 e. The van der Waals surface area contributed by atoms with Gasteiger partial charge in [-0.05, 0) is 50.1 Å². The lowest BCUT2D eigenvalue weighted by Crippen LogP contribution is -2.51. The molecule has 138 valence electrons. The molecular weight excluding hydrogens is 372 g/mol. The standard InChI is InChI=1S/C19H21ClN2O3S/c1-13-11-15-7-4-5-10-18(15)21(13)19(23)14(2)22(26(3,24)25)17-9-6-8-16(20)12-17/h4-10,12-14H,11H2,1-3H3/t13-,14-/m0/s1. The first-order valence-electron chi connectivity index (χ1n) is 8.36. The molecule has 7 heteroatoms. The molecule has 0 fully saturated rings. The van der Waals surface area contributed by atoms with E-state index < -0.39 is 16.1 Å². The first-order chi connectivity index (χ1) is 12.2. The molecule has 0 N–H and O–H groups in total. The van der Waals surface area contributed by atoms with Crippen LogP contribution in [0.5, 0.6) is 0 Å². The van der Waals surface area contributed by atoms with Crippen LogP contribution in [0.3, 0.4) is 0 Å². The Bertz CT molecular complexity index is 945. The molecule has 0 spiro atoms. The average Bonchev–Trinajstić information content (AvgIpc) is 2.88. The van der Waals surface area contributed by atoms with Gasteiger partial charge < -0.3 is 4.90 Å². The van der Waals surface area contributed by atoms with E-state index in [-0.39, 0.29) is 11.9 Å². The highest BCUT2D eigenvalue weighted by Crippen LogP contribution is 2.34. The minimum Gasteiger partial charge on any atom is -0.307 e. The Morgan fingerprint density at radius 2 is 1.92 bits per heavy atom. The van der Waals surface area contributed by atoms with Crippen LogP contribution in [0.2, 0.25) is 5.02 Å². The molecule has 0 bridgehead atoms. The third-order valence-corrected chi connectivity index (χ3v) is 6.05. The van der Waals surface area contributed by atoms with Crippen molar-refractivity contribution in [2.75, 3.05) is 15.5 Å². The molecule has 2 atom stereocenters. The van der Waals surface area contributed by atoms with E-state index in [0.717, 1.165) is 28.2 Å². The van der Waals surface area contributed by atoms with Gasteiger partial charge in [0.25, 0.3) is 5.91 Å². The van der Waals surface area contributed by atoms with Crippen LogP contribution < -0.4 is 9.21 Å². The lowest BCUT2D eigenvalue weighted by Gasteiger charge is -2.33. The van der Waals surface area contributed by atoms with Gasteiger partial charge in [0.1, 0.15) is 6.04 Å². The molecule has 3 rings (SSSR count). The van der Waals surface area contributed by atoms with Crippen LogP contribution in [-0.2, 0) is 21.2 Å². The van der Waals surface area contributed by atoms with E-state index in [1.165, 1.54) is 0 Å². The molecule has 26 heavy (non-hydrogen) atoms. The number of halogens is 1. The fraction of sp³-hybridized carbons (Fsp3) is 0.316. The van der Waals surface area contributed by atoms with Crippen LogP contribution in [0.4, 0.5) is 11.4 Å². The van der Waals surface area contributed by atoms with Crippen LogP contribution in [-0.4, -0.2) is 32.7 Å². The average molecular weight is 393 g/mol. The van der Waals surface area contributed by atoms with Gasteiger partial charge in [-0.15, -0.1) is 0 Å². The summed E-state index contributed by atoms with van der Waals surface area (Å²) in [6.45, 7) is 3.58. The van der Waals surface area contributed by atoms with E-state index in [9.17, 15) is 13.2 Å². The Morgan fingerprint density at radius 1 is 1.23 bits per heavy atom. The van der Waals surface area contributed by atoms with E-state index in [2.05, 4.69) is 0 Å². The molecule has 0 saturated heterocycles. The summed E-state index contributed by atoms with van der Waals surface area (Å²) in [4.78, 5) is 14.9.